The number of fused-ring (bicyclic) bond motifs is 1. The number of carbonyl (C=O) groups is 2. The van der Waals surface area contributed by atoms with Crippen molar-refractivity contribution in [1.29, 1.82) is 0 Å². The normalized spacial score (nSPS) is 12.5. The summed E-state index contributed by atoms with van der Waals surface area (Å²) < 4.78 is 10.7. The van der Waals surface area contributed by atoms with E-state index in [0.717, 1.165) is 22.6 Å². The standard InChI is InChI=1S/C20H22N2O5/c1-20(2,15-7-8-16-17(9-15)27-12-26-16)11-22-19(25)21-10-13-3-5-14(6-4-13)18(23)24/h3-9H,10-12H2,1-2H3,(H,23,24)(H2,21,22,25). The molecule has 0 aromatic heterocycles. The monoisotopic (exact) mass is 370 g/mol. The smallest absolute Gasteiger partial charge is 0.335 e. The summed E-state index contributed by atoms with van der Waals surface area (Å²) in [5, 5.41) is 14.5. The molecule has 142 valence electrons. The number of amides is 2. The van der Waals surface area contributed by atoms with Gasteiger partial charge in [0.25, 0.3) is 0 Å². The molecule has 7 heteroatoms. The number of carboxylic acids is 1. The molecule has 2 aromatic rings. The molecule has 1 heterocycles. The number of carboxylic acid groups (broad SMARTS) is 1. The highest BCUT2D eigenvalue weighted by Gasteiger charge is 2.24. The van der Waals surface area contributed by atoms with Crippen molar-refractivity contribution in [2.45, 2.75) is 25.8 Å². The van der Waals surface area contributed by atoms with Gasteiger partial charge in [-0.1, -0.05) is 32.0 Å². The van der Waals surface area contributed by atoms with Crippen LogP contribution in [0, 0.1) is 0 Å². The SMILES string of the molecule is CC(C)(CNC(=O)NCc1ccc(C(=O)O)cc1)c1ccc2c(c1)OCO2. The fourth-order valence-electron chi connectivity index (χ4n) is 2.73. The molecule has 0 fully saturated rings. The van der Waals surface area contributed by atoms with Gasteiger partial charge in [-0.05, 0) is 35.4 Å². The van der Waals surface area contributed by atoms with Gasteiger partial charge in [-0.25, -0.2) is 9.59 Å². The summed E-state index contributed by atoms with van der Waals surface area (Å²) in [5.74, 6) is 0.474. The van der Waals surface area contributed by atoms with Crippen molar-refractivity contribution in [3.63, 3.8) is 0 Å². The molecule has 3 N–H and O–H groups in total. The van der Waals surface area contributed by atoms with Crippen molar-refractivity contribution in [2.24, 2.45) is 0 Å². The topological polar surface area (TPSA) is 96.9 Å². The van der Waals surface area contributed by atoms with Crippen LogP contribution in [0.15, 0.2) is 42.5 Å². The van der Waals surface area contributed by atoms with E-state index in [0.29, 0.717) is 13.1 Å². The molecule has 27 heavy (non-hydrogen) atoms. The van der Waals surface area contributed by atoms with Crippen LogP contribution in [0.5, 0.6) is 11.5 Å². The Kier molecular flexibility index (Phi) is 5.21. The van der Waals surface area contributed by atoms with Crippen LogP contribution in [0.3, 0.4) is 0 Å². The zero-order valence-corrected chi connectivity index (χ0v) is 15.2. The average molecular weight is 370 g/mol. The summed E-state index contributed by atoms with van der Waals surface area (Å²) in [7, 11) is 0. The van der Waals surface area contributed by atoms with Gasteiger partial charge in [-0.15, -0.1) is 0 Å². The van der Waals surface area contributed by atoms with Crippen molar-refractivity contribution >= 4 is 12.0 Å². The highest BCUT2D eigenvalue weighted by Crippen LogP contribution is 2.36. The van der Waals surface area contributed by atoms with Gasteiger partial charge in [-0.3, -0.25) is 0 Å². The number of benzene rings is 2. The Balaban J connectivity index is 1.51. The molecule has 0 unspecified atom stereocenters. The summed E-state index contributed by atoms with van der Waals surface area (Å²) in [6.45, 7) is 5.06. The molecule has 2 amide bonds. The minimum absolute atomic E-state index is 0.216. The first-order valence-electron chi connectivity index (χ1n) is 8.59. The molecular weight excluding hydrogens is 348 g/mol. The van der Waals surface area contributed by atoms with Crippen LogP contribution in [0.4, 0.5) is 4.79 Å². The Morgan fingerprint density at radius 1 is 1.04 bits per heavy atom. The lowest BCUT2D eigenvalue weighted by molar-refractivity contribution is 0.0697. The molecule has 0 saturated carbocycles. The van der Waals surface area contributed by atoms with Gasteiger partial charge in [0.1, 0.15) is 0 Å². The molecule has 3 rings (SSSR count). The molecule has 0 aliphatic carbocycles. The van der Waals surface area contributed by atoms with E-state index in [1.54, 1.807) is 12.1 Å². The summed E-state index contributed by atoms with van der Waals surface area (Å²) in [5.41, 5.74) is 1.79. The van der Waals surface area contributed by atoms with E-state index in [1.165, 1.54) is 12.1 Å². The molecule has 7 nitrogen and oxygen atoms in total. The maximum Gasteiger partial charge on any atom is 0.335 e. The fraction of sp³-hybridized carbons (Fsp3) is 0.300. The van der Waals surface area contributed by atoms with E-state index in [-0.39, 0.29) is 23.8 Å². The molecular formula is C20H22N2O5. The third kappa shape index (κ3) is 4.49. The predicted molar refractivity (Wildman–Crippen MR) is 99.2 cm³/mol. The van der Waals surface area contributed by atoms with Crippen LogP contribution < -0.4 is 20.1 Å². The van der Waals surface area contributed by atoms with Crippen LogP contribution in [0.1, 0.15) is 35.3 Å². The number of nitrogens with one attached hydrogen (secondary N) is 2. The molecule has 1 aliphatic heterocycles. The Morgan fingerprint density at radius 3 is 2.44 bits per heavy atom. The van der Waals surface area contributed by atoms with E-state index >= 15 is 0 Å². The van der Waals surface area contributed by atoms with Gasteiger partial charge < -0.3 is 25.2 Å². The maximum absolute atomic E-state index is 12.1. The second kappa shape index (κ2) is 7.57. The molecule has 0 bridgehead atoms. The van der Waals surface area contributed by atoms with Crippen LogP contribution in [-0.2, 0) is 12.0 Å². The van der Waals surface area contributed by atoms with E-state index in [9.17, 15) is 9.59 Å². The highest BCUT2D eigenvalue weighted by molar-refractivity contribution is 5.87. The average Bonchev–Trinajstić information content (AvgIpc) is 3.13. The largest absolute Gasteiger partial charge is 0.478 e. The second-order valence-corrected chi connectivity index (χ2v) is 6.99. The number of carbonyl (C=O) groups excluding carboxylic acids is 1. The van der Waals surface area contributed by atoms with Crippen LogP contribution in [-0.4, -0.2) is 30.4 Å². The maximum atomic E-state index is 12.1. The Hall–Kier alpha value is -3.22. The second-order valence-electron chi connectivity index (χ2n) is 6.99. The number of aromatic carboxylic acids is 1. The van der Waals surface area contributed by atoms with Gasteiger partial charge >= 0.3 is 12.0 Å². The zero-order valence-electron chi connectivity index (χ0n) is 15.2. The summed E-state index contributed by atoms with van der Waals surface area (Å²) in [6, 6.07) is 11.9. The summed E-state index contributed by atoms with van der Waals surface area (Å²) >= 11 is 0. The first-order chi connectivity index (χ1) is 12.8. The first-order valence-corrected chi connectivity index (χ1v) is 8.59. The minimum Gasteiger partial charge on any atom is -0.478 e. The Bertz CT molecular complexity index is 846. The Labute approximate surface area is 157 Å². The minimum atomic E-state index is -0.974. The van der Waals surface area contributed by atoms with Crippen molar-refractivity contribution < 1.29 is 24.2 Å². The zero-order chi connectivity index (χ0) is 19.4. The number of urea groups is 1. The number of hydrogen-bond donors (Lipinski definition) is 3. The number of ether oxygens (including phenoxy) is 2. The van der Waals surface area contributed by atoms with Gasteiger partial charge in [0.15, 0.2) is 11.5 Å². The fourth-order valence-corrected chi connectivity index (χ4v) is 2.73. The van der Waals surface area contributed by atoms with E-state index in [4.69, 9.17) is 14.6 Å². The molecule has 1 aliphatic rings. The van der Waals surface area contributed by atoms with Gasteiger partial charge in [0.05, 0.1) is 5.56 Å². The lowest BCUT2D eigenvalue weighted by Crippen LogP contribution is -2.42. The van der Waals surface area contributed by atoms with Gasteiger partial charge in [0, 0.05) is 18.5 Å². The van der Waals surface area contributed by atoms with Crippen molar-refractivity contribution in [3.8, 4) is 11.5 Å². The Morgan fingerprint density at radius 2 is 1.74 bits per heavy atom. The van der Waals surface area contributed by atoms with Crippen molar-refractivity contribution in [2.75, 3.05) is 13.3 Å². The molecule has 0 radical (unpaired) electrons. The molecule has 0 spiro atoms. The highest BCUT2D eigenvalue weighted by atomic mass is 16.7. The third-order valence-electron chi connectivity index (χ3n) is 4.50. The van der Waals surface area contributed by atoms with Gasteiger partial charge in [-0.2, -0.15) is 0 Å². The quantitative estimate of drug-likeness (QED) is 0.726. The summed E-state index contributed by atoms with van der Waals surface area (Å²) in [6.07, 6.45) is 0. The number of hydrogen-bond acceptors (Lipinski definition) is 4. The molecule has 2 aromatic carbocycles. The first kappa shape index (κ1) is 18.6. The van der Waals surface area contributed by atoms with Crippen molar-refractivity contribution in [3.05, 3.63) is 59.2 Å². The van der Waals surface area contributed by atoms with Gasteiger partial charge in [0.2, 0.25) is 6.79 Å². The molecule has 0 saturated heterocycles. The predicted octanol–water partition coefficient (Wildman–Crippen LogP) is 2.89. The van der Waals surface area contributed by atoms with E-state index in [1.807, 2.05) is 32.0 Å². The van der Waals surface area contributed by atoms with E-state index < -0.39 is 5.97 Å². The lowest BCUT2D eigenvalue weighted by atomic mass is 9.84. The van der Waals surface area contributed by atoms with Crippen LogP contribution in [0.2, 0.25) is 0 Å². The molecule has 0 atom stereocenters. The van der Waals surface area contributed by atoms with Crippen LogP contribution in [0.25, 0.3) is 0 Å². The van der Waals surface area contributed by atoms with Crippen molar-refractivity contribution in [1.82, 2.24) is 10.6 Å². The third-order valence-corrected chi connectivity index (χ3v) is 4.50. The lowest BCUT2D eigenvalue weighted by Gasteiger charge is -2.26. The number of rotatable bonds is 6. The van der Waals surface area contributed by atoms with E-state index in [2.05, 4.69) is 10.6 Å². The summed E-state index contributed by atoms with van der Waals surface area (Å²) in [4.78, 5) is 22.9. The van der Waals surface area contributed by atoms with Crippen LogP contribution >= 0.6 is 0 Å².